The topological polar surface area (TPSA) is 147 Å². The van der Waals surface area contributed by atoms with Crippen LogP contribution in [0.4, 0.5) is 5.69 Å². The number of hydrogen-bond donors (Lipinski definition) is 5. The maximum absolute atomic E-state index is 14.3. The number of amides is 2. The van der Waals surface area contributed by atoms with Crippen LogP contribution in [-0.2, 0) is 16.2 Å². The van der Waals surface area contributed by atoms with E-state index in [4.69, 9.17) is 9.57 Å². The van der Waals surface area contributed by atoms with Crippen molar-refractivity contribution in [1.29, 1.82) is 0 Å². The molecule has 312 valence electrons. The molecular weight excluding hydrogens is 711 g/mol. The van der Waals surface area contributed by atoms with Crippen LogP contribution < -0.4 is 20.3 Å². The lowest BCUT2D eigenvalue weighted by molar-refractivity contribution is -0.183. The third-order valence-electron chi connectivity index (χ3n) is 12.9. The molecule has 0 radical (unpaired) electrons. The van der Waals surface area contributed by atoms with Crippen LogP contribution in [0.1, 0.15) is 83.1 Å². The summed E-state index contributed by atoms with van der Waals surface area (Å²) in [4.78, 5) is 38.7. The van der Waals surface area contributed by atoms with E-state index in [0.29, 0.717) is 54.5 Å². The molecule has 2 bridgehead atoms. The molecule has 9 atom stereocenters. The Morgan fingerprint density at radius 1 is 1.09 bits per heavy atom. The Hall–Kier alpha value is -3.26. The van der Waals surface area contributed by atoms with Crippen LogP contribution >= 0.6 is 0 Å². The summed E-state index contributed by atoms with van der Waals surface area (Å²) >= 11 is 0. The number of fused-ring (bicyclic) bond motifs is 2. The zero-order chi connectivity index (χ0) is 41.1. The van der Waals surface area contributed by atoms with Gasteiger partial charge in [-0.2, -0.15) is 5.06 Å². The summed E-state index contributed by atoms with van der Waals surface area (Å²) in [7, 11) is 7.56. The minimum atomic E-state index is -0.912. The smallest absolute Gasteiger partial charge is 0.251 e. The first-order chi connectivity index (χ1) is 26.5. The number of hydrogen-bond acceptors (Lipinski definition) is 10. The molecule has 5 N–H and O–H groups in total. The van der Waals surface area contributed by atoms with E-state index < -0.39 is 24.2 Å². The second-order valence-electron chi connectivity index (χ2n) is 18.1. The van der Waals surface area contributed by atoms with E-state index >= 15 is 0 Å². The quantitative estimate of drug-likeness (QED) is 0.146. The first kappa shape index (κ1) is 43.9. The van der Waals surface area contributed by atoms with Crippen LogP contribution in [-0.4, -0.2) is 122 Å². The number of nitrogens with zero attached hydrogens (tertiary/aromatic N) is 3. The van der Waals surface area contributed by atoms with Gasteiger partial charge in [0.2, 0.25) is 5.91 Å². The van der Waals surface area contributed by atoms with E-state index in [9.17, 15) is 24.9 Å². The zero-order valence-electron chi connectivity index (χ0n) is 35.4. The predicted molar refractivity (Wildman–Crippen MR) is 220 cm³/mol. The third-order valence-corrected chi connectivity index (χ3v) is 12.9. The van der Waals surface area contributed by atoms with Crippen LogP contribution in [0.3, 0.4) is 0 Å². The number of rotatable bonds is 18. The fraction of sp³-hybridized carbons (Fsp3) is 0.682. The number of nitrogens with one attached hydrogen (secondary N) is 2. The van der Waals surface area contributed by atoms with Crippen molar-refractivity contribution in [2.24, 2.45) is 35.0 Å². The number of anilines is 1. The summed E-state index contributed by atoms with van der Waals surface area (Å²) in [5, 5.41) is 39.2. The van der Waals surface area contributed by atoms with Gasteiger partial charge in [-0.3, -0.25) is 14.4 Å². The highest BCUT2D eigenvalue weighted by Crippen LogP contribution is 2.61. The van der Waals surface area contributed by atoms with Crippen LogP contribution in [0.5, 0.6) is 5.75 Å². The Kier molecular flexibility index (Phi) is 14.5. The molecule has 0 aromatic heterocycles. The highest BCUT2D eigenvalue weighted by molar-refractivity contribution is 5.97. The lowest BCUT2D eigenvalue weighted by Gasteiger charge is -2.62. The summed E-state index contributed by atoms with van der Waals surface area (Å²) < 4.78 is 6.12. The summed E-state index contributed by atoms with van der Waals surface area (Å²) in [6.45, 7) is 14.0. The molecule has 12 nitrogen and oxygen atoms in total. The van der Waals surface area contributed by atoms with Gasteiger partial charge in [0, 0.05) is 67.1 Å². The fourth-order valence-corrected chi connectivity index (χ4v) is 9.84. The largest absolute Gasteiger partial charge is 0.496 e. The van der Waals surface area contributed by atoms with Crippen molar-refractivity contribution in [2.45, 2.75) is 104 Å². The number of aliphatic hydroxyl groups excluding tert-OH is 3. The molecule has 2 aromatic carbocycles. The van der Waals surface area contributed by atoms with Crippen molar-refractivity contribution in [3.63, 3.8) is 0 Å². The van der Waals surface area contributed by atoms with Crippen molar-refractivity contribution in [3.05, 3.63) is 47.5 Å². The van der Waals surface area contributed by atoms with Gasteiger partial charge in [0.15, 0.2) is 0 Å². The van der Waals surface area contributed by atoms with Crippen LogP contribution in [0, 0.1) is 35.0 Å². The molecule has 1 aliphatic heterocycles. The summed E-state index contributed by atoms with van der Waals surface area (Å²) in [5.41, 5.74) is 3.88. The Morgan fingerprint density at radius 2 is 1.82 bits per heavy atom. The predicted octanol–water partition coefficient (Wildman–Crippen LogP) is 4.55. The van der Waals surface area contributed by atoms with Crippen LogP contribution in [0.25, 0.3) is 11.1 Å². The molecule has 4 fully saturated rings. The van der Waals surface area contributed by atoms with Gasteiger partial charge in [0.1, 0.15) is 17.9 Å². The van der Waals surface area contributed by atoms with Crippen LogP contribution in [0.15, 0.2) is 36.4 Å². The number of aliphatic hydroxyl groups is 3. The number of carbonyl (C=O) groups is 2. The monoisotopic (exact) mass is 780 g/mol. The Morgan fingerprint density at radius 3 is 2.41 bits per heavy atom. The minimum Gasteiger partial charge on any atom is -0.496 e. The van der Waals surface area contributed by atoms with E-state index in [2.05, 4.69) is 50.2 Å². The molecule has 1 heterocycles. The number of ether oxygens (including phenoxy) is 1. The van der Waals surface area contributed by atoms with Gasteiger partial charge in [-0.25, -0.2) is 0 Å². The van der Waals surface area contributed by atoms with Crippen molar-refractivity contribution >= 4 is 17.5 Å². The fourth-order valence-electron chi connectivity index (χ4n) is 9.84. The molecule has 6 rings (SSSR count). The molecular formula is C44H69N5O7. The van der Waals surface area contributed by atoms with E-state index in [1.165, 1.54) is 6.42 Å². The lowest BCUT2D eigenvalue weighted by atomic mass is 9.45. The molecule has 1 saturated heterocycles. The van der Waals surface area contributed by atoms with Crippen molar-refractivity contribution < 1.29 is 34.5 Å². The third kappa shape index (κ3) is 9.54. The first-order valence-corrected chi connectivity index (χ1v) is 20.6. The summed E-state index contributed by atoms with van der Waals surface area (Å²) in [6, 6.07) is 10.7. The molecule has 2 aromatic rings. The Bertz CT molecular complexity index is 1640. The Balaban J connectivity index is 1.48. The average Bonchev–Trinajstić information content (AvgIpc) is 3.52. The number of methoxy groups -OCH3 is 1. The molecule has 0 spiro atoms. The maximum atomic E-state index is 14.3. The molecule has 3 aliphatic carbocycles. The molecule has 56 heavy (non-hydrogen) atoms. The maximum Gasteiger partial charge on any atom is 0.251 e. The van der Waals surface area contributed by atoms with Gasteiger partial charge in [-0.05, 0) is 99.6 Å². The first-order valence-electron chi connectivity index (χ1n) is 20.6. The van der Waals surface area contributed by atoms with E-state index in [-0.39, 0.29) is 49.1 Å². The SMILES string of the molecule is COc1c(CN2O[C@@H](CO)[C@@H]([C@H](C)O)[C@H]2C(=O)N[C@H]2C[C@H]3C[C@@H]([C@@H]2C)C3(C)C)cccc1-c1cc(C(=O)N[C@@H](CC(C)C)CN(C)C)cc(N(C)CCCO)c1. The standard InChI is InChI=1S/C44H69N5O7/c1-26(2)17-33(24-47(7)8)45-42(53)31-18-30(19-34(20-31)48(9)15-12-16-50)35-14-11-13-29(41(35)55-10)23-49-40(39(28(4)52)38(25-51)56-49)43(54)46-37-22-32-21-36(27(37)3)44(32,5)6/h11,13-14,18-20,26-28,32-33,36-40,50-52H,12,15-17,21-25H2,1-10H3,(H,45,53)(H,46,54)/t27-,28-,32+,33-,36-,37-,38-,39+,40-/m0/s1. The highest BCUT2D eigenvalue weighted by Gasteiger charge is 2.57. The molecule has 0 unspecified atom stereocenters. The van der Waals surface area contributed by atoms with Gasteiger partial charge >= 0.3 is 0 Å². The van der Waals surface area contributed by atoms with Gasteiger partial charge in [-0.1, -0.05) is 52.8 Å². The van der Waals surface area contributed by atoms with Gasteiger partial charge in [0.05, 0.1) is 26.4 Å². The van der Waals surface area contributed by atoms with Crippen molar-refractivity contribution in [3.8, 4) is 16.9 Å². The van der Waals surface area contributed by atoms with Crippen LogP contribution in [0.2, 0.25) is 0 Å². The molecule has 2 amide bonds. The Labute approximate surface area is 334 Å². The summed E-state index contributed by atoms with van der Waals surface area (Å²) in [5.74, 6) is 1.37. The number of para-hydroxylation sites is 1. The van der Waals surface area contributed by atoms with Gasteiger partial charge in [0.25, 0.3) is 5.91 Å². The van der Waals surface area contributed by atoms with Crippen molar-refractivity contribution in [2.75, 3.05) is 59.5 Å². The minimum absolute atomic E-state index is 0.0273. The van der Waals surface area contributed by atoms with Gasteiger partial charge in [-0.15, -0.1) is 0 Å². The molecule has 3 saturated carbocycles. The van der Waals surface area contributed by atoms with E-state index in [1.54, 1.807) is 19.1 Å². The number of hydroxylamine groups is 2. The zero-order valence-corrected chi connectivity index (χ0v) is 35.4. The van der Waals surface area contributed by atoms with Gasteiger partial charge < -0.3 is 40.5 Å². The number of carbonyl (C=O) groups excluding carboxylic acids is 2. The second-order valence-corrected chi connectivity index (χ2v) is 18.1. The molecule has 4 aliphatic rings. The lowest BCUT2D eigenvalue weighted by Crippen LogP contribution is -2.62. The van der Waals surface area contributed by atoms with E-state index in [0.717, 1.165) is 35.2 Å². The van der Waals surface area contributed by atoms with Crippen molar-refractivity contribution in [1.82, 2.24) is 20.6 Å². The number of likely N-dealkylation sites (N-methyl/N-ethyl adjacent to an activating group) is 1. The molecule has 12 heteroatoms. The summed E-state index contributed by atoms with van der Waals surface area (Å²) in [6.07, 6.45) is 1.85. The average molecular weight is 780 g/mol. The number of benzene rings is 2. The normalized spacial score (nSPS) is 26.8. The highest BCUT2D eigenvalue weighted by atomic mass is 16.7. The second kappa shape index (κ2) is 18.6. The van der Waals surface area contributed by atoms with E-state index in [1.807, 2.05) is 62.4 Å².